The molecule has 5 aromatic carbocycles. The van der Waals surface area contributed by atoms with Crippen LogP contribution in [0.2, 0.25) is 0 Å². The quantitative estimate of drug-likeness (QED) is 0.132. The molecule has 0 saturated heterocycles. The first-order chi connectivity index (χ1) is 23.5. The Bertz CT molecular complexity index is 2750. The van der Waals surface area contributed by atoms with E-state index >= 15 is 0 Å². The van der Waals surface area contributed by atoms with Crippen molar-refractivity contribution in [2.75, 3.05) is 9.80 Å². The van der Waals surface area contributed by atoms with Crippen molar-refractivity contribution in [2.45, 2.75) is 20.8 Å². The van der Waals surface area contributed by atoms with Crippen molar-refractivity contribution in [3.8, 4) is 5.69 Å². The summed E-state index contributed by atoms with van der Waals surface area (Å²) in [4.78, 5) is 14.0. The van der Waals surface area contributed by atoms with E-state index < -0.39 is 0 Å². The molecule has 5 heterocycles. The van der Waals surface area contributed by atoms with E-state index in [2.05, 4.69) is 154 Å². The summed E-state index contributed by atoms with van der Waals surface area (Å²) < 4.78 is 4.34. The second-order valence-corrected chi connectivity index (χ2v) is 12.7. The van der Waals surface area contributed by atoms with Crippen LogP contribution in [-0.2, 0) is 21.1 Å². The number of hydrogen-bond donors (Lipinski definition) is 0. The SMILES string of the molecule is Cc1cc(C)c(N2[CH-]N(c3[c-]c4c(cc3)c3ccccc3n4-c3[c-]c4c(cc3)c3cccnc3n3ccnc43)c3ccccc32)c(C)c1.[Pt]. The first-order valence-corrected chi connectivity index (χ1v) is 16.2. The second-order valence-electron chi connectivity index (χ2n) is 12.7. The fourth-order valence-corrected chi connectivity index (χ4v) is 7.78. The molecule has 0 radical (unpaired) electrons. The number of nitrogens with zero attached hydrogens (tertiary/aromatic N) is 6. The van der Waals surface area contributed by atoms with Gasteiger partial charge in [0.25, 0.3) is 0 Å². The van der Waals surface area contributed by atoms with Crippen LogP contribution >= 0.6 is 0 Å². The average Bonchev–Trinajstić information content (AvgIpc) is 3.83. The summed E-state index contributed by atoms with van der Waals surface area (Å²) in [6, 6.07) is 42.2. The number of benzene rings is 5. The summed E-state index contributed by atoms with van der Waals surface area (Å²) in [6.45, 7) is 8.75. The molecule has 0 amide bonds. The van der Waals surface area contributed by atoms with Crippen molar-refractivity contribution >= 4 is 72.0 Å². The van der Waals surface area contributed by atoms with Crippen LogP contribution in [0.5, 0.6) is 0 Å². The minimum absolute atomic E-state index is 0. The standard InChI is InChI=1S/C42H29N6.Pt/c1-26-21-27(2)40(28(3)22-26)47-25-46(37-12-6-7-13-38(37)47)29-14-17-33-32-9-4-5-11-36(32)48(39(33)24-29)30-15-16-31-34-10-8-18-43-41(34)45-20-19-44-42(45)35(31)23-30;/h4-22,25H,1-3H3;/q-3;. The van der Waals surface area contributed by atoms with Gasteiger partial charge in [-0.25, -0.2) is 4.98 Å². The van der Waals surface area contributed by atoms with Crippen LogP contribution in [0, 0.1) is 39.6 Å². The molecule has 6 nitrogen and oxygen atoms in total. The Morgan fingerprint density at radius 2 is 1.31 bits per heavy atom. The first kappa shape index (κ1) is 29.7. The van der Waals surface area contributed by atoms with Gasteiger partial charge in [0.2, 0.25) is 0 Å². The molecule has 4 aromatic heterocycles. The third-order valence-electron chi connectivity index (χ3n) is 9.68. The molecule has 0 unspecified atom stereocenters. The van der Waals surface area contributed by atoms with Crippen LogP contribution in [0.1, 0.15) is 16.7 Å². The third kappa shape index (κ3) is 4.30. The molecule has 9 aromatic rings. The van der Waals surface area contributed by atoms with E-state index in [0.29, 0.717) is 0 Å². The van der Waals surface area contributed by atoms with Crippen LogP contribution in [0.15, 0.2) is 116 Å². The van der Waals surface area contributed by atoms with E-state index in [9.17, 15) is 0 Å². The zero-order valence-electron chi connectivity index (χ0n) is 27.0. The van der Waals surface area contributed by atoms with Crippen molar-refractivity contribution in [1.29, 1.82) is 0 Å². The molecule has 1 aliphatic rings. The summed E-state index contributed by atoms with van der Waals surface area (Å²) in [5.41, 5.74) is 13.0. The maximum Gasteiger partial charge on any atom is 0.128 e. The van der Waals surface area contributed by atoms with Crippen LogP contribution in [0.25, 0.3) is 54.9 Å². The van der Waals surface area contributed by atoms with Gasteiger partial charge in [0.1, 0.15) is 5.65 Å². The summed E-state index contributed by atoms with van der Waals surface area (Å²) in [7, 11) is 0. The summed E-state index contributed by atoms with van der Waals surface area (Å²) in [6.07, 6.45) is 5.63. The number of aryl methyl sites for hydroxylation is 3. The van der Waals surface area contributed by atoms with Gasteiger partial charge in [0, 0.05) is 62.2 Å². The maximum atomic E-state index is 4.74. The molecule has 0 bridgehead atoms. The molecule has 0 atom stereocenters. The Hall–Kier alpha value is -5.45. The van der Waals surface area contributed by atoms with E-state index in [4.69, 9.17) is 4.98 Å². The zero-order chi connectivity index (χ0) is 32.1. The Morgan fingerprint density at radius 1 is 0.612 bits per heavy atom. The van der Waals surface area contributed by atoms with E-state index in [0.717, 1.165) is 66.6 Å². The van der Waals surface area contributed by atoms with Crippen molar-refractivity contribution in [3.63, 3.8) is 0 Å². The Kier molecular flexibility index (Phi) is 6.69. The van der Waals surface area contributed by atoms with Gasteiger partial charge in [-0.15, -0.1) is 48.1 Å². The van der Waals surface area contributed by atoms with Gasteiger partial charge in [-0.1, -0.05) is 70.4 Å². The van der Waals surface area contributed by atoms with E-state index in [1.807, 2.05) is 24.7 Å². The van der Waals surface area contributed by atoms with Gasteiger partial charge >= 0.3 is 0 Å². The molecule has 0 aliphatic carbocycles. The van der Waals surface area contributed by atoms with E-state index in [-0.39, 0.29) is 21.1 Å². The predicted octanol–water partition coefficient (Wildman–Crippen LogP) is 10.1. The Labute approximate surface area is 298 Å². The fraction of sp³-hybridized carbons (Fsp3) is 0.0714. The van der Waals surface area contributed by atoms with Gasteiger partial charge in [0.05, 0.1) is 5.65 Å². The molecule has 0 spiro atoms. The second kappa shape index (κ2) is 11.0. The Morgan fingerprint density at radius 3 is 2.14 bits per heavy atom. The monoisotopic (exact) mass is 812 g/mol. The molecule has 0 N–H and O–H groups in total. The summed E-state index contributed by atoms with van der Waals surface area (Å²) >= 11 is 0. The van der Waals surface area contributed by atoms with Gasteiger partial charge in [0.15, 0.2) is 0 Å². The molecule has 1 aliphatic heterocycles. The largest absolute Gasteiger partial charge is 0.493 e. The maximum absolute atomic E-state index is 4.74. The van der Waals surface area contributed by atoms with Crippen molar-refractivity contribution in [1.82, 2.24) is 18.9 Å². The average molecular weight is 813 g/mol. The number of fused-ring (bicyclic) bond motifs is 10. The van der Waals surface area contributed by atoms with Gasteiger partial charge in [-0.3, -0.25) is 4.98 Å². The number of rotatable bonds is 3. The minimum Gasteiger partial charge on any atom is -0.493 e. The van der Waals surface area contributed by atoms with Gasteiger partial charge in [-0.2, -0.15) is 6.07 Å². The molecule has 49 heavy (non-hydrogen) atoms. The van der Waals surface area contributed by atoms with Crippen molar-refractivity contribution in [2.24, 2.45) is 0 Å². The normalized spacial score (nSPS) is 12.9. The first-order valence-electron chi connectivity index (χ1n) is 16.2. The van der Waals surface area contributed by atoms with Gasteiger partial charge < -0.3 is 18.8 Å². The number of hydrogen-bond acceptors (Lipinski definition) is 4. The van der Waals surface area contributed by atoms with Crippen molar-refractivity contribution in [3.05, 3.63) is 151 Å². The van der Waals surface area contributed by atoms with E-state index in [1.54, 1.807) is 0 Å². The molecule has 7 heteroatoms. The van der Waals surface area contributed by atoms with Crippen LogP contribution in [0.3, 0.4) is 0 Å². The Balaban J connectivity index is 0.00000325. The fourth-order valence-electron chi connectivity index (χ4n) is 7.78. The molecule has 240 valence electrons. The van der Waals surface area contributed by atoms with Crippen LogP contribution < -0.4 is 9.80 Å². The minimum atomic E-state index is 0. The van der Waals surface area contributed by atoms with Crippen molar-refractivity contribution < 1.29 is 21.1 Å². The third-order valence-corrected chi connectivity index (χ3v) is 9.68. The topological polar surface area (TPSA) is 41.6 Å². The number of para-hydroxylation sites is 3. The summed E-state index contributed by atoms with van der Waals surface area (Å²) in [5, 5.41) is 5.43. The number of aromatic nitrogens is 4. The molecular weight excluding hydrogens is 784 g/mol. The molecular formula is C42H29N6Pt-3. The number of pyridine rings is 2. The summed E-state index contributed by atoms with van der Waals surface area (Å²) in [5.74, 6) is 0. The predicted molar refractivity (Wildman–Crippen MR) is 196 cm³/mol. The van der Waals surface area contributed by atoms with E-state index in [1.165, 1.54) is 27.8 Å². The number of imidazole rings is 1. The number of anilines is 4. The van der Waals surface area contributed by atoms with Crippen LogP contribution in [0.4, 0.5) is 22.7 Å². The molecule has 10 rings (SSSR count). The van der Waals surface area contributed by atoms with Gasteiger partial charge in [-0.05, 0) is 72.6 Å². The van der Waals surface area contributed by atoms with Crippen LogP contribution in [-0.4, -0.2) is 18.9 Å². The molecule has 0 fully saturated rings. The zero-order valence-corrected chi connectivity index (χ0v) is 29.3. The smallest absolute Gasteiger partial charge is 0.128 e. The molecule has 0 saturated carbocycles.